The summed E-state index contributed by atoms with van der Waals surface area (Å²) in [6.07, 6.45) is 0. The average molecular weight is 484 g/mol. The summed E-state index contributed by atoms with van der Waals surface area (Å²) >= 11 is 1.91. The molecule has 1 aromatic heterocycles. The number of aromatic hydroxyl groups is 1. The van der Waals surface area contributed by atoms with Gasteiger partial charge in [0.1, 0.15) is 28.2 Å². The zero-order valence-corrected chi connectivity index (χ0v) is 17.2. The normalized spacial score (nSPS) is 10.7. The molecule has 0 spiro atoms. The third-order valence-corrected chi connectivity index (χ3v) is 5.11. The van der Waals surface area contributed by atoms with Crippen LogP contribution < -0.4 is 24.4 Å². The lowest BCUT2D eigenvalue weighted by molar-refractivity contribution is 0.324. The van der Waals surface area contributed by atoms with E-state index in [1.807, 2.05) is 22.6 Å². The van der Waals surface area contributed by atoms with E-state index in [0.717, 1.165) is 0 Å². The highest BCUT2D eigenvalue weighted by Crippen LogP contribution is 2.42. The second-order valence-electron chi connectivity index (χ2n) is 5.50. The molecule has 0 aliphatic carbocycles. The summed E-state index contributed by atoms with van der Waals surface area (Å²) in [6, 6.07) is 6.23. The SMILES string of the molecule is COc1cc2oc(-c3cc(OC)c(OC)c(OC)c3)cc(=O)c2c(O)c1I. The van der Waals surface area contributed by atoms with Crippen molar-refractivity contribution in [3.05, 3.63) is 38.1 Å². The lowest BCUT2D eigenvalue weighted by atomic mass is 10.1. The second kappa shape index (κ2) is 7.55. The molecule has 27 heavy (non-hydrogen) atoms. The fourth-order valence-electron chi connectivity index (χ4n) is 2.77. The van der Waals surface area contributed by atoms with Gasteiger partial charge < -0.3 is 28.5 Å². The van der Waals surface area contributed by atoms with Crippen LogP contribution in [0.1, 0.15) is 0 Å². The number of ether oxygens (including phenoxy) is 4. The summed E-state index contributed by atoms with van der Waals surface area (Å²) in [6.45, 7) is 0. The first-order chi connectivity index (χ1) is 12.9. The summed E-state index contributed by atoms with van der Waals surface area (Å²) in [7, 11) is 5.99. The minimum Gasteiger partial charge on any atom is -0.506 e. The Balaban J connectivity index is 2.30. The number of benzene rings is 2. The Labute approximate surface area is 168 Å². The molecule has 1 N–H and O–H groups in total. The van der Waals surface area contributed by atoms with Gasteiger partial charge in [0.05, 0.1) is 32.0 Å². The molecule has 3 rings (SSSR count). The molecule has 0 saturated carbocycles. The first kappa shape index (κ1) is 19.2. The number of methoxy groups -OCH3 is 4. The molecule has 8 heteroatoms. The van der Waals surface area contributed by atoms with Crippen LogP contribution in [0.3, 0.4) is 0 Å². The van der Waals surface area contributed by atoms with E-state index in [4.69, 9.17) is 23.4 Å². The third kappa shape index (κ3) is 3.25. The third-order valence-electron chi connectivity index (χ3n) is 4.07. The predicted octanol–water partition coefficient (Wildman–Crippen LogP) is 3.80. The molecule has 142 valence electrons. The van der Waals surface area contributed by atoms with E-state index < -0.39 is 0 Å². The summed E-state index contributed by atoms with van der Waals surface area (Å²) in [5.41, 5.74) is 0.389. The van der Waals surface area contributed by atoms with Crippen LogP contribution in [0.5, 0.6) is 28.7 Å². The van der Waals surface area contributed by atoms with Gasteiger partial charge in [-0.3, -0.25) is 4.79 Å². The molecule has 0 bridgehead atoms. The molecule has 0 atom stereocenters. The Bertz CT molecular complexity index is 1050. The standard InChI is InChI=1S/C19H17IO7/c1-23-13-8-12-16(18(22)17(13)20)10(21)7-11(27-12)9-5-14(24-2)19(26-4)15(6-9)25-3/h5-8,22H,1-4H3. The first-order valence-electron chi connectivity index (χ1n) is 7.78. The Morgan fingerprint density at radius 2 is 1.48 bits per heavy atom. The lowest BCUT2D eigenvalue weighted by Gasteiger charge is -2.14. The van der Waals surface area contributed by atoms with Gasteiger partial charge in [0.15, 0.2) is 16.9 Å². The van der Waals surface area contributed by atoms with Gasteiger partial charge in [-0.05, 0) is 34.7 Å². The van der Waals surface area contributed by atoms with Crippen LogP contribution in [0.4, 0.5) is 0 Å². The van der Waals surface area contributed by atoms with Crippen LogP contribution >= 0.6 is 22.6 Å². The van der Waals surface area contributed by atoms with E-state index in [1.54, 1.807) is 18.2 Å². The van der Waals surface area contributed by atoms with Crippen molar-refractivity contribution < 1.29 is 28.5 Å². The Morgan fingerprint density at radius 1 is 0.889 bits per heavy atom. The fraction of sp³-hybridized carbons (Fsp3) is 0.211. The van der Waals surface area contributed by atoms with Gasteiger partial charge in [-0.15, -0.1) is 0 Å². The number of hydrogen-bond acceptors (Lipinski definition) is 7. The van der Waals surface area contributed by atoms with E-state index in [0.29, 0.717) is 32.1 Å². The summed E-state index contributed by atoms with van der Waals surface area (Å²) in [4.78, 5) is 12.6. The quantitative estimate of drug-likeness (QED) is 0.552. The Morgan fingerprint density at radius 3 is 2.00 bits per heavy atom. The van der Waals surface area contributed by atoms with Gasteiger partial charge in [0.2, 0.25) is 5.75 Å². The molecular formula is C19H17IO7. The summed E-state index contributed by atoms with van der Waals surface area (Å²) in [5.74, 6) is 1.81. The van der Waals surface area contributed by atoms with Gasteiger partial charge in [-0.25, -0.2) is 0 Å². The molecule has 7 nitrogen and oxygen atoms in total. The second-order valence-corrected chi connectivity index (χ2v) is 6.58. The van der Waals surface area contributed by atoms with Gasteiger partial charge in [-0.1, -0.05) is 0 Å². The maximum absolute atomic E-state index is 12.6. The van der Waals surface area contributed by atoms with Crippen LogP contribution in [0, 0.1) is 3.57 Å². The van der Waals surface area contributed by atoms with E-state index in [9.17, 15) is 9.90 Å². The van der Waals surface area contributed by atoms with Crippen molar-refractivity contribution in [3.8, 4) is 40.1 Å². The Kier molecular flexibility index (Phi) is 5.36. The molecule has 0 saturated heterocycles. The monoisotopic (exact) mass is 484 g/mol. The minimum absolute atomic E-state index is 0.0939. The average Bonchev–Trinajstić information content (AvgIpc) is 2.68. The number of halogens is 1. The van der Waals surface area contributed by atoms with Gasteiger partial charge in [-0.2, -0.15) is 0 Å². The van der Waals surface area contributed by atoms with E-state index >= 15 is 0 Å². The van der Waals surface area contributed by atoms with Gasteiger partial charge in [0, 0.05) is 17.7 Å². The largest absolute Gasteiger partial charge is 0.506 e. The van der Waals surface area contributed by atoms with E-state index in [-0.39, 0.29) is 27.9 Å². The number of phenols is 1. The van der Waals surface area contributed by atoms with Gasteiger partial charge in [0.25, 0.3) is 0 Å². The molecule has 2 aromatic carbocycles. The summed E-state index contributed by atoms with van der Waals surface area (Å²) < 4.78 is 27.6. The highest BCUT2D eigenvalue weighted by atomic mass is 127. The van der Waals surface area contributed by atoms with Gasteiger partial charge >= 0.3 is 0 Å². The molecule has 0 aliphatic heterocycles. The lowest BCUT2D eigenvalue weighted by Crippen LogP contribution is -2.03. The number of hydrogen-bond donors (Lipinski definition) is 1. The zero-order valence-electron chi connectivity index (χ0n) is 15.1. The van der Waals surface area contributed by atoms with Crippen molar-refractivity contribution in [1.29, 1.82) is 0 Å². The topological polar surface area (TPSA) is 87.4 Å². The van der Waals surface area contributed by atoms with Crippen LogP contribution in [0.15, 0.2) is 33.5 Å². The smallest absolute Gasteiger partial charge is 0.203 e. The van der Waals surface area contributed by atoms with Crippen LogP contribution in [0.2, 0.25) is 0 Å². The molecule has 0 aliphatic rings. The molecule has 0 unspecified atom stereocenters. The molecule has 0 radical (unpaired) electrons. The number of rotatable bonds is 5. The van der Waals surface area contributed by atoms with Crippen molar-refractivity contribution in [2.45, 2.75) is 0 Å². The first-order valence-corrected chi connectivity index (χ1v) is 8.86. The number of phenolic OH excluding ortho intramolecular Hbond substituents is 1. The predicted molar refractivity (Wildman–Crippen MR) is 109 cm³/mol. The zero-order chi connectivity index (χ0) is 19.7. The highest BCUT2D eigenvalue weighted by Gasteiger charge is 2.19. The Hall–Kier alpha value is -2.62. The maximum Gasteiger partial charge on any atom is 0.203 e. The number of fused-ring (bicyclic) bond motifs is 1. The van der Waals surface area contributed by atoms with Crippen molar-refractivity contribution in [3.63, 3.8) is 0 Å². The molecule has 1 heterocycles. The molecule has 0 fully saturated rings. The molecule has 3 aromatic rings. The van der Waals surface area contributed by atoms with Crippen LogP contribution in [-0.2, 0) is 0 Å². The summed E-state index contributed by atoms with van der Waals surface area (Å²) in [5, 5.41) is 10.4. The van der Waals surface area contributed by atoms with E-state index in [1.165, 1.54) is 34.5 Å². The van der Waals surface area contributed by atoms with Crippen LogP contribution in [0.25, 0.3) is 22.3 Å². The molecular weight excluding hydrogens is 467 g/mol. The highest BCUT2D eigenvalue weighted by molar-refractivity contribution is 14.1. The maximum atomic E-state index is 12.6. The van der Waals surface area contributed by atoms with E-state index in [2.05, 4.69) is 0 Å². The van der Waals surface area contributed by atoms with Crippen molar-refractivity contribution >= 4 is 33.6 Å². The minimum atomic E-state index is -0.377. The molecule has 0 amide bonds. The fourth-order valence-corrected chi connectivity index (χ4v) is 3.42. The van der Waals surface area contributed by atoms with Crippen LogP contribution in [-0.4, -0.2) is 33.5 Å². The van der Waals surface area contributed by atoms with Crippen molar-refractivity contribution in [2.24, 2.45) is 0 Å². The van der Waals surface area contributed by atoms with Crippen molar-refractivity contribution in [2.75, 3.05) is 28.4 Å². The van der Waals surface area contributed by atoms with Crippen molar-refractivity contribution in [1.82, 2.24) is 0 Å².